The predicted octanol–water partition coefficient (Wildman–Crippen LogP) is 4.54. The summed E-state index contributed by atoms with van der Waals surface area (Å²) < 4.78 is 44.5. The molecule has 2 aliphatic rings. The fraction of sp³-hybridized carbons (Fsp3) is 0.269. The third kappa shape index (κ3) is 4.66. The van der Waals surface area contributed by atoms with Crippen molar-refractivity contribution >= 4 is 33.0 Å². The van der Waals surface area contributed by atoms with Crippen LogP contribution in [0.15, 0.2) is 59.5 Å². The molecular weight excluding hydrogens is 491 g/mol. The van der Waals surface area contributed by atoms with Gasteiger partial charge in [0.15, 0.2) is 9.84 Å². The predicted molar refractivity (Wildman–Crippen MR) is 133 cm³/mol. The average molecular weight is 515 g/mol. The second kappa shape index (κ2) is 9.26. The standard InChI is InChI=1S/C26H24ClFN2O4S/c1-35(32,33)19-6-7-20(21-4-2-3-5-24(21)28)22(14-19)26(31)30-15-17-12-23(27)25(13-18(17)16-30)29-8-10-34-11-9-29/h2-7,12-14H,8-11,15-16H2,1H3. The van der Waals surface area contributed by atoms with E-state index in [9.17, 15) is 17.6 Å². The minimum absolute atomic E-state index is 0.00954. The molecular formula is C26H24ClFN2O4S. The Labute approximate surface area is 208 Å². The van der Waals surface area contributed by atoms with E-state index in [4.69, 9.17) is 16.3 Å². The molecule has 6 nitrogen and oxygen atoms in total. The van der Waals surface area contributed by atoms with E-state index in [2.05, 4.69) is 4.90 Å². The van der Waals surface area contributed by atoms with Crippen molar-refractivity contribution in [3.05, 3.63) is 82.1 Å². The molecule has 5 rings (SSSR count). The minimum Gasteiger partial charge on any atom is -0.378 e. The molecule has 2 aliphatic heterocycles. The Bertz CT molecular complexity index is 1420. The summed E-state index contributed by atoms with van der Waals surface area (Å²) in [5.74, 6) is -0.853. The van der Waals surface area contributed by atoms with Crippen LogP contribution in [0.3, 0.4) is 0 Å². The summed E-state index contributed by atoms with van der Waals surface area (Å²) in [6, 6.07) is 14.3. The van der Waals surface area contributed by atoms with Gasteiger partial charge in [-0.05, 0) is 47.0 Å². The molecule has 1 fully saturated rings. The van der Waals surface area contributed by atoms with Crippen LogP contribution in [0.2, 0.25) is 5.02 Å². The lowest BCUT2D eigenvalue weighted by molar-refractivity contribution is 0.0752. The highest BCUT2D eigenvalue weighted by Crippen LogP contribution is 2.36. The highest BCUT2D eigenvalue weighted by Gasteiger charge is 2.29. The zero-order chi connectivity index (χ0) is 24.7. The van der Waals surface area contributed by atoms with Crippen LogP contribution >= 0.6 is 11.6 Å². The number of carbonyl (C=O) groups excluding carboxylic acids is 1. The lowest BCUT2D eigenvalue weighted by Crippen LogP contribution is -2.36. The molecule has 0 radical (unpaired) electrons. The zero-order valence-electron chi connectivity index (χ0n) is 19.1. The first-order valence-electron chi connectivity index (χ1n) is 11.2. The number of hydrogen-bond donors (Lipinski definition) is 0. The molecule has 0 unspecified atom stereocenters. The van der Waals surface area contributed by atoms with Gasteiger partial charge in [-0.1, -0.05) is 35.9 Å². The summed E-state index contributed by atoms with van der Waals surface area (Å²) in [6.07, 6.45) is 1.08. The van der Waals surface area contributed by atoms with E-state index in [1.54, 1.807) is 23.1 Å². The highest BCUT2D eigenvalue weighted by atomic mass is 35.5. The van der Waals surface area contributed by atoms with Crippen LogP contribution in [-0.4, -0.2) is 51.8 Å². The van der Waals surface area contributed by atoms with Crippen molar-refractivity contribution < 1.29 is 22.3 Å². The molecule has 3 aromatic carbocycles. The molecule has 0 N–H and O–H groups in total. The third-order valence-electron chi connectivity index (χ3n) is 6.44. The van der Waals surface area contributed by atoms with Gasteiger partial charge in [0, 0.05) is 43.6 Å². The topological polar surface area (TPSA) is 66.9 Å². The SMILES string of the molecule is CS(=O)(=O)c1ccc(-c2ccccc2F)c(C(=O)N2Cc3cc(Cl)c(N4CCOCC4)cc3C2)c1. The van der Waals surface area contributed by atoms with Crippen molar-refractivity contribution in [3.63, 3.8) is 0 Å². The van der Waals surface area contributed by atoms with E-state index in [1.165, 1.54) is 24.3 Å². The monoisotopic (exact) mass is 514 g/mol. The van der Waals surface area contributed by atoms with Crippen molar-refractivity contribution in [3.8, 4) is 11.1 Å². The highest BCUT2D eigenvalue weighted by molar-refractivity contribution is 7.90. The number of rotatable bonds is 4. The second-order valence-corrected chi connectivity index (χ2v) is 11.2. The Balaban J connectivity index is 1.51. The van der Waals surface area contributed by atoms with Crippen LogP contribution in [0.1, 0.15) is 21.5 Å². The first-order valence-corrected chi connectivity index (χ1v) is 13.5. The van der Waals surface area contributed by atoms with Gasteiger partial charge in [-0.2, -0.15) is 0 Å². The van der Waals surface area contributed by atoms with Crippen molar-refractivity contribution in [2.75, 3.05) is 37.5 Å². The van der Waals surface area contributed by atoms with Crippen LogP contribution < -0.4 is 4.90 Å². The van der Waals surface area contributed by atoms with E-state index in [0.29, 0.717) is 36.9 Å². The first kappa shape index (κ1) is 23.8. The summed E-state index contributed by atoms with van der Waals surface area (Å²) in [5, 5.41) is 0.617. The van der Waals surface area contributed by atoms with Gasteiger partial charge < -0.3 is 14.5 Å². The molecule has 1 amide bonds. The van der Waals surface area contributed by atoms with Crippen molar-refractivity contribution in [2.24, 2.45) is 0 Å². The number of amides is 1. The number of halogens is 2. The summed E-state index contributed by atoms with van der Waals surface area (Å²) in [5.41, 5.74) is 3.57. The van der Waals surface area contributed by atoms with Gasteiger partial charge in [0.25, 0.3) is 5.91 Å². The number of sulfone groups is 1. The Morgan fingerprint density at radius 3 is 2.34 bits per heavy atom. The molecule has 2 heterocycles. The Morgan fingerprint density at radius 1 is 0.971 bits per heavy atom. The maximum Gasteiger partial charge on any atom is 0.255 e. The quantitative estimate of drug-likeness (QED) is 0.511. The van der Waals surface area contributed by atoms with Crippen molar-refractivity contribution in [1.29, 1.82) is 0 Å². The molecule has 35 heavy (non-hydrogen) atoms. The fourth-order valence-electron chi connectivity index (χ4n) is 4.61. The Morgan fingerprint density at radius 2 is 1.66 bits per heavy atom. The van der Waals surface area contributed by atoms with E-state index >= 15 is 0 Å². The van der Waals surface area contributed by atoms with E-state index < -0.39 is 15.7 Å². The third-order valence-corrected chi connectivity index (χ3v) is 7.86. The number of ether oxygens (including phenoxy) is 1. The summed E-state index contributed by atoms with van der Waals surface area (Å²) >= 11 is 6.58. The van der Waals surface area contributed by atoms with Crippen LogP contribution in [0.5, 0.6) is 0 Å². The minimum atomic E-state index is -3.57. The van der Waals surface area contributed by atoms with Crippen LogP contribution in [0.25, 0.3) is 11.1 Å². The number of hydrogen-bond acceptors (Lipinski definition) is 5. The Hall–Kier alpha value is -2.94. The lowest BCUT2D eigenvalue weighted by atomic mass is 9.98. The fourth-order valence-corrected chi connectivity index (χ4v) is 5.57. The number of benzene rings is 3. The molecule has 0 spiro atoms. The maximum atomic E-state index is 14.6. The van der Waals surface area contributed by atoms with Gasteiger partial charge in [-0.25, -0.2) is 12.8 Å². The summed E-state index contributed by atoms with van der Waals surface area (Å²) in [4.78, 5) is 17.5. The van der Waals surface area contributed by atoms with Crippen LogP contribution in [0, 0.1) is 5.82 Å². The van der Waals surface area contributed by atoms with Gasteiger partial charge in [0.1, 0.15) is 5.82 Å². The first-order chi connectivity index (χ1) is 16.7. The largest absolute Gasteiger partial charge is 0.378 e. The van der Waals surface area contributed by atoms with Crippen molar-refractivity contribution in [2.45, 2.75) is 18.0 Å². The molecule has 9 heteroatoms. The molecule has 3 aromatic rings. The maximum absolute atomic E-state index is 14.6. The number of carbonyl (C=O) groups is 1. The molecule has 0 aromatic heterocycles. The molecule has 1 saturated heterocycles. The lowest BCUT2D eigenvalue weighted by Gasteiger charge is -2.30. The smallest absolute Gasteiger partial charge is 0.255 e. The van der Waals surface area contributed by atoms with Crippen LogP contribution in [-0.2, 0) is 27.7 Å². The molecule has 0 atom stereocenters. The molecule has 182 valence electrons. The number of fused-ring (bicyclic) bond motifs is 1. The number of morpholine rings is 1. The summed E-state index contributed by atoms with van der Waals surface area (Å²) in [6.45, 7) is 3.43. The molecule has 0 aliphatic carbocycles. The van der Waals surface area contributed by atoms with Crippen LogP contribution in [0.4, 0.5) is 10.1 Å². The van der Waals surface area contributed by atoms with Gasteiger partial charge in [0.05, 0.1) is 28.8 Å². The second-order valence-electron chi connectivity index (χ2n) is 8.79. The number of anilines is 1. The van der Waals surface area contributed by atoms with Gasteiger partial charge in [-0.3, -0.25) is 4.79 Å². The van der Waals surface area contributed by atoms with E-state index in [-0.39, 0.29) is 21.9 Å². The van der Waals surface area contributed by atoms with Gasteiger partial charge in [-0.15, -0.1) is 0 Å². The normalized spacial score (nSPS) is 15.9. The van der Waals surface area contributed by atoms with Gasteiger partial charge >= 0.3 is 0 Å². The molecule has 0 bridgehead atoms. The number of nitrogens with zero attached hydrogens (tertiary/aromatic N) is 2. The Kier molecular flexibility index (Phi) is 6.29. The average Bonchev–Trinajstić information content (AvgIpc) is 3.26. The molecule has 0 saturated carbocycles. The van der Waals surface area contributed by atoms with E-state index in [1.807, 2.05) is 12.1 Å². The van der Waals surface area contributed by atoms with E-state index in [0.717, 1.165) is 36.2 Å². The van der Waals surface area contributed by atoms with Crippen molar-refractivity contribution in [1.82, 2.24) is 4.90 Å². The van der Waals surface area contributed by atoms with Gasteiger partial charge in [0.2, 0.25) is 0 Å². The summed E-state index contributed by atoms with van der Waals surface area (Å²) in [7, 11) is -3.57. The zero-order valence-corrected chi connectivity index (χ0v) is 20.7.